The number of aryl methyl sites for hydroxylation is 1. The average Bonchev–Trinajstić information content (AvgIpc) is 2.58. The summed E-state index contributed by atoms with van der Waals surface area (Å²) in [6.45, 7) is 0. The van der Waals surface area contributed by atoms with Crippen molar-refractivity contribution in [2.24, 2.45) is 7.05 Å². The van der Waals surface area contributed by atoms with Crippen molar-refractivity contribution in [2.45, 2.75) is 10.1 Å². The Morgan fingerprint density at radius 1 is 1.08 bits per heavy atom. The molecule has 0 radical (unpaired) electrons. The van der Waals surface area contributed by atoms with E-state index in [1.807, 2.05) is 18.2 Å². The number of aromatic nitrogens is 3. The number of pyridine rings is 3. The van der Waals surface area contributed by atoms with Crippen LogP contribution in [0.5, 0.6) is 0 Å². The Bertz CT molecular complexity index is 925. The smallest absolute Gasteiger partial charge is 0.257 e. The standard InChI is InChI=1S/C17H14N4O2S/c1-21-11-12(5-6-16(21)22)17(23)20-13-7-9-19-15(10-13)24-14-4-2-3-8-18-14/h2-11H,1H3,(H,19,20,23). The second-order valence-electron chi connectivity index (χ2n) is 4.97. The fourth-order valence-corrected chi connectivity index (χ4v) is 2.76. The molecule has 0 fully saturated rings. The van der Waals surface area contributed by atoms with E-state index < -0.39 is 0 Å². The molecule has 0 bridgehead atoms. The molecule has 3 heterocycles. The average molecular weight is 338 g/mol. The summed E-state index contributed by atoms with van der Waals surface area (Å²) in [5.74, 6) is -0.286. The minimum atomic E-state index is -0.286. The third-order valence-electron chi connectivity index (χ3n) is 3.19. The Morgan fingerprint density at radius 2 is 1.92 bits per heavy atom. The van der Waals surface area contributed by atoms with Crippen molar-refractivity contribution in [2.75, 3.05) is 5.32 Å². The second-order valence-corrected chi connectivity index (χ2v) is 6.01. The van der Waals surface area contributed by atoms with E-state index in [0.29, 0.717) is 11.3 Å². The van der Waals surface area contributed by atoms with Crippen LogP contribution in [-0.4, -0.2) is 20.4 Å². The van der Waals surface area contributed by atoms with Gasteiger partial charge in [-0.15, -0.1) is 0 Å². The third-order valence-corrected chi connectivity index (χ3v) is 4.07. The maximum absolute atomic E-state index is 12.3. The van der Waals surface area contributed by atoms with Gasteiger partial charge in [-0.2, -0.15) is 0 Å². The van der Waals surface area contributed by atoms with Crippen LogP contribution >= 0.6 is 11.8 Å². The minimum Gasteiger partial charge on any atom is -0.322 e. The molecule has 3 aromatic heterocycles. The molecule has 3 aromatic rings. The second kappa shape index (κ2) is 7.10. The maximum atomic E-state index is 12.3. The van der Waals surface area contributed by atoms with E-state index in [4.69, 9.17) is 0 Å². The number of hydrogen-bond donors (Lipinski definition) is 1. The number of hydrogen-bond acceptors (Lipinski definition) is 5. The van der Waals surface area contributed by atoms with Crippen LogP contribution < -0.4 is 10.9 Å². The highest BCUT2D eigenvalue weighted by molar-refractivity contribution is 7.99. The van der Waals surface area contributed by atoms with Gasteiger partial charge in [-0.3, -0.25) is 9.59 Å². The van der Waals surface area contributed by atoms with Gasteiger partial charge < -0.3 is 9.88 Å². The quantitative estimate of drug-likeness (QED) is 0.791. The summed E-state index contributed by atoms with van der Waals surface area (Å²) in [6.07, 6.45) is 4.84. The van der Waals surface area contributed by atoms with Gasteiger partial charge in [0.1, 0.15) is 10.1 Å². The molecule has 6 nitrogen and oxygen atoms in total. The Labute approximate surface area is 142 Å². The molecule has 0 saturated heterocycles. The third kappa shape index (κ3) is 3.88. The van der Waals surface area contributed by atoms with Crippen molar-refractivity contribution < 1.29 is 4.79 Å². The van der Waals surface area contributed by atoms with Crippen LogP contribution in [0.25, 0.3) is 0 Å². The molecule has 1 amide bonds. The molecule has 7 heteroatoms. The zero-order valence-corrected chi connectivity index (χ0v) is 13.7. The molecule has 0 aromatic carbocycles. The zero-order valence-electron chi connectivity index (χ0n) is 12.8. The van der Waals surface area contributed by atoms with Crippen molar-refractivity contribution in [3.8, 4) is 0 Å². The zero-order chi connectivity index (χ0) is 16.9. The molecule has 24 heavy (non-hydrogen) atoms. The van der Waals surface area contributed by atoms with E-state index in [-0.39, 0.29) is 11.5 Å². The monoisotopic (exact) mass is 338 g/mol. The van der Waals surface area contributed by atoms with Gasteiger partial charge in [0.2, 0.25) is 5.56 Å². The van der Waals surface area contributed by atoms with E-state index in [0.717, 1.165) is 10.1 Å². The lowest BCUT2D eigenvalue weighted by Crippen LogP contribution is -2.19. The normalized spacial score (nSPS) is 10.4. The maximum Gasteiger partial charge on any atom is 0.257 e. The van der Waals surface area contributed by atoms with E-state index in [2.05, 4.69) is 15.3 Å². The van der Waals surface area contributed by atoms with Crippen LogP contribution in [0.15, 0.2) is 75.9 Å². The van der Waals surface area contributed by atoms with Crippen LogP contribution in [0.2, 0.25) is 0 Å². The predicted molar refractivity (Wildman–Crippen MR) is 92.2 cm³/mol. The fraction of sp³-hybridized carbons (Fsp3) is 0.0588. The van der Waals surface area contributed by atoms with Crippen LogP contribution in [-0.2, 0) is 7.05 Å². The lowest BCUT2D eigenvalue weighted by Gasteiger charge is -2.07. The first-order valence-electron chi connectivity index (χ1n) is 7.15. The number of carbonyl (C=O) groups is 1. The number of amides is 1. The highest BCUT2D eigenvalue weighted by Gasteiger charge is 2.08. The lowest BCUT2D eigenvalue weighted by atomic mass is 10.2. The number of anilines is 1. The molecule has 0 spiro atoms. The van der Waals surface area contributed by atoms with Gasteiger partial charge in [-0.1, -0.05) is 17.8 Å². The first-order chi connectivity index (χ1) is 11.6. The molecule has 0 saturated carbocycles. The summed E-state index contributed by atoms with van der Waals surface area (Å²) in [5.41, 5.74) is 0.875. The molecule has 0 unspecified atom stereocenters. The fourth-order valence-electron chi connectivity index (χ4n) is 1.99. The van der Waals surface area contributed by atoms with Crippen LogP contribution in [0, 0.1) is 0 Å². The molecular weight excluding hydrogens is 324 g/mol. The number of rotatable bonds is 4. The highest BCUT2D eigenvalue weighted by Crippen LogP contribution is 2.25. The Morgan fingerprint density at radius 3 is 2.67 bits per heavy atom. The van der Waals surface area contributed by atoms with Crippen molar-refractivity contribution in [1.29, 1.82) is 0 Å². The number of carbonyl (C=O) groups excluding carboxylic acids is 1. The summed E-state index contributed by atoms with van der Waals surface area (Å²) in [6, 6.07) is 12.0. The van der Waals surface area contributed by atoms with Crippen molar-refractivity contribution >= 4 is 23.4 Å². The molecular formula is C17H14N4O2S. The van der Waals surface area contributed by atoms with E-state index in [9.17, 15) is 9.59 Å². The summed E-state index contributed by atoms with van der Waals surface area (Å²) in [4.78, 5) is 32.2. The van der Waals surface area contributed by atoms with Gasteiger partial charge in [0.05, 0.1) is 5.56 Å². The summed E-state index contributed by atoms with van der Waals surface area (Å²) >= 11 is 1.41. The Kier molecular flexibility index (Phi) is 4.72. The summed E-state index contributed by atoms with van der Waals surface area (Å²) in [5, 5.41) is 4.36. The molecule has 0 atom stereocenters. The molecule has 0 aliphatic carbocycles. The molecule has 3 rings (SSSR count). The molecule has 0 aliphatic heterocycles. The number of nitrogens with zero attached hydrogens (tertiary/aromatic N) is 3. The summed E-state index contributed by atoms with van der Waals surface area (Å²) < 4.78 is 1.36. The van der Waals surface area contributed by atoms with E-state index >= 15 is 0 Å². The molecule has 1 N–H and O–H groups in total. The van der Waals surface area contributed by atoms with E-state index in [1.54, 1.807) is 31.6 Å². The number of nitrogens with one attached hydrogen (secondary N) is 1. The van der Waals surface area contributed by atoms with Crippen molar-refractivity contribution in [1.82, 2.24) is 14.5 Å². The molecule has 120 valence electrons. The predicted octanol–water partition coefficient (Wildman–Crippen LogP) is 2.58. The van der Waals surface area contributed by atoms with Gasteiger partial charge in [-0.05, 0) is 30.3 Å². The van der Waals surface area contributed by atoms with Crippen LogP contribution in [0.3, 0.4) is 0 Å². The van der Waals surface area contributed by atoms with Gasteiger partial charge in [0, 0.05) is 37.4 Å². The Hall–Kier alpha value is -2.93. The highest BCUT2D eigenvalue weighted by atomic mass is 32.2. The SMILES string of the molecule is Cn1cc(C(=O)Nc2ccnc(Sc3ccccn3)c2)ccc1=O. The van der Waals surface area contributed by atoms with Crippen molar-refractivity contribution in [3.63, 3.8) is 0 Å². The van der Waals surface area contributed by atoms with Crippen LogP contribution in [0.1, 0.15) is 10.4 Å². The van der Waals surface area contributed by atoms with Gasteiger partial charge in [-0.25, -0.2) is 9.97 Å². The Balaban J connectivity index is 1.75. The van der Waals surface area contributed by atoms with Crippen LogP contribution in [0.4, 0.5) is 5.69 Å². The topological polar surface area (TPSA) is 76.9 Å². The summed E-state index contributed by atoms with van der Waals surface area (Å²) in [7, 11) is 1.60. The first kappa shape index (κ1) is 15.9. The van der Waals surface area contributed by atoms with E-state index in [1.165, 1.54) is 34.7 Å². The lowest BCUT2D eigenvalue weighted by molar-refractivity contribution is 0.102. The minimum absolute atomic E-state index is 0.162. The van der Waals surface area contributed by atoms with Crippen molar-refractivity contribution in [3.05, 3.63) is 77.0 Å². The molecule has 0 aliphatic rings. The first-order valence-corrected chi connectivity index (χ1v) is 7.96. The van der Waals surface area contributed by atoms with Gasteiger partial charge in [0.15, 0.2) is 0 Å². The van der Waals surface area contributed by atoms with Gasteiger partial charge >= 0.3 is 0 Å². The van der Waals surface area contributed by atoms with Gasteiger partial charge in [0.25, 0.3) is 5.91 Å². The largest absolute Gasteiger partial charge is 0.322 e.